The number of aromatic nitrogens is 2. The lowest BCUT2D eigenvalue weighted by atomic mass is 10.3. The van der Waals surface area contributed by atoms with Crippen molar-refractivity contribution in [3.8, 4) is 5.69 Å². The predicted octanol–water partition coefficient (Wildman–Crippen LogP) is 4.43. The van der Waals surface area contributed by atoms with Crippen molar-refractivity contribution in [2.45, 2.75) is 5.88 Å². The fourth-order valence-corrected chi connectivity index (χ4v) is 3.14. The van der Waals surface area contributed by atoms with Crippen LogP contribution < -0.4 is 0 Å². The molecule has 0 unspecified atom stereocenters. The molecule has 0 saturated heterocycles. The standard InChI is InChI=1S/C12H8ClIN2S/c13-6-12-15-10-5-8(14)1-2-11(10)16(12)9-3-4-17-7-9/h1-5,7H,6H2. The third-order valence-electron chi connectivity index (χ3n) is 2.57. The van der Waals surface area contributed by atoms with Crippen molar-refractivity contribution in [3.05, 3.63) is 44.4 Å². The Bertz CT molecular complexity index is 661. The van der Waals surface area contributed by atoms with Crippen molar-refractivity contribution in [1.29, 1.82) is 0 Å². The first-order chi connectivity index (χ1) is 8.29. The molecular formula is C12H8ClIN2S. The largest absolute Gasteiger partial charge is 0.294 e. The highest BCUT2D eigenvalue weighted by Crippen LogP contribution is 2.25. The molecule has 17 heavy (non-hydrogen) atoms. The van der Waals surface area contributed by atoms with E-state index in [0.717, 1.165) is 22.5 Å². The van der Waals surface area contributed by atoms with E-state index in [-0.39, 0.29) is 0 Å². The molecule has 0 bridgehead atoms. The highest BCUT2D eigenvalue weighted by Gasteiger charge is 2.11. The van der Waals surface area contributed by atoms with Crippen molar-refractivity contribution >= 4 is 56.6 Å². The van der Waals surface area contributed by atoms with E-state index < -0.39 is 0 Å². The molecule has 0 aliphatic rings. The Morgan fingerprint density at radius 3 is 2.94 bits per heavy atom. The fourth-order valence-electron chi connectivity index (χ4n) is 1.87. The van der Waals surface area contributed by atoms with Crippen LogP contribution in [0.1, 0.15) is 5.82 Å². The van der Waals surface area contributed by atoms with Crippen molar-refractivity contribution in [2.24, 2.45) is 0 Å². The number of rotatable bonds is 2. The van der Waals surface area contributed by atoms with Crippen LogP contribution >= 0.6 is 45.5 Å². The maximum atomic E-state index is 5.98. The summed E-state index contributed by atoms with van der Waals surface area (Å²) in [4.78, 5) is 4.58. The van der Waals surface area contributed by atoms with E-state index in [1.165, 1.54) is 3.57 Å². The summed E-state index contributed by atoms with van der Waals surface area (Å²) < 4.78 is 3.31. The first-order valence-electron chi connectivity index (χ1n) is 5.05. The van der Waals surface area contributed by atoms with E-state index in [1.54, 1.807) is 11.3 Å². The molecule has 3 aromatic rings. The molecule has 0 fully saturated rings. The van der Waals surface area contributed by atoms with Crippen molar-refractivity contribution < 1.29 is 0 Å². The monoisotopic (exact) mass is 374 g/mol. The summed E-state index contributed by atoms with van der Waals surface area (Å²) in [5, 5.41) is 4.17. The van der Waals surface area contributed by atoms with Gasteiger partial charge in [0.2, 0.25) is 0 Å². The minimum atomic E-state index is 0.418. The Morgan fingerprint density at radius 1 is 1.35 bits per heavy atom. The van der Waals surface area contributed by atoms with Crippen LogP contribution in [0, 0.1) is 3.57 Å². The quantitative estimate of drug-likeness (QED) is 0.479. The summed E-state index contributed by atoms with van der Waals surface area (Å²) in [6, 6.07) is 8.35. The molecule has 0 N–H and O–H groups in total. The zero-order valence-electron chi connectivity index (χ0n) is 8.73. The zero-order valence-corrected chi connectivity index (χ0v) is 12.5. The van der Waals surface area contributed by atoms with Crippen LogP contribution in [0.4, 0.5) is 0 Å². The number of fused-ring (bicyclic) bond motifs is 1. The SMILES string of the molecule is ClCc1nc2cc(I)ccc2n1-c1ccsc1. The van der Waals surface area contributed by atoms with E-state index in [1.807, 2.05) is 0 Å². The average Bonchev–Trinajstić information content (AvgIpc) is 2.93. The maximum absolute atomic E-state index is 5.98. The van der Waals surface area contributed by atoms with Gasteiger partial charge in [0.25, 0.3) is 0 Å². The van der Waals surface area contributed by atoms with Crippen LogP contribution in [-0.2, 0) is 5.88 Å². The maximum Gasteiger partial charge on any atom is 0.129 e. The van der Waals surface area contributed by atoms with Crippen LogP contribution in [0.5, 0.6) is 0 Å². The molecule has 2 nitrogen and oxygen atoms in total. The van der Waals surface area contributed by atoms with Crippen molar-refractivity contribution in [1.82, 2.24) is 9.55 Å². The van der Waals surface area contributed by atoms with Crippen LogP contribution in [0.15, 0.2) is 35.0 Å². The van der Waals surface area contributed by atoms with Crippen LogP contribution in [0.3, 0.4) is 0 Å². The van der Waals surface area contributed by atoms with Crippen LogP contribution in [-0.4, -0.2) is 9.55 Å². The van der Waals surface area contributed by atoms with Gasteiger partial charge in [0.15, 0.2) is 0 Å². The van der Waals surface area contributed by atoms with Gasteiger partial charge in [-0.1, -0.05) is 0 Å². The molecular weight excluding hydrogens is 367 g/mol. The predicted molar refractivity (Wildman–Crippen MR) is 81.2 cm³/mol. The molecule has 0 spiro atoms. The summed E-state index contributed by atoms with van der Waals surface area (Å²) in [6.45, 7) is 0. The molecule has 3 rings (SSSR count). The highest BCUT2D eigenvalue weighted by molar-refractivity contribution is 14.1. The normalized spacial score (nSPS) is 11.2. The Hall–Kier alpha value is -0.590. The lowest BCUT2D eigenvalue weighted by Gasteiger charge is -2.04. The Balaban J connectivity index is 2.35. The third kappa shape index (κ3) is 1.98. The Kier molecular flexibility index (Phi) is 3.10. The molecule has 0 atom stereocenters. The number of hydrogen-bond donors (Lipinski definition) is 0. The molecule has 2 heterocycles. The van der Waals surface area contributed by atoms with Gasteiger partial charge in [-0.3, -0.25) is 4.57 Å². The van der Waals surface area contributed by atoms with E-state index in [4.69, 9.17) is 11.6 Å². The number of imidazole rings is 1. The molecule has 0 aliphatic heterocycles. The molecule has 5 heteroatoms. The van der Waals surface area contributed by atoms with Gasteiger partial charge in [0.1, 0.15) is 5.82 Å². The van der Waals surface area contributed by atoms with Crippen molar-refractivity contribution in [3.63, 3.8) is 0 Å². The fraction of sp³-hybridized carbons (Fsp3) is 0.0833. The van der Waals surface area contributed by atoms with E-state index in [2.05, 4.69) is 67.2 Å². The van der Waals surface area contributed by atoms with E-state index in [0.29, 0.717) is 5.88 Å². The molecule has 2 aromatic heterocycles. The van der Waals surface area contributed by atoms with Gasteiger partial charge in [-0.25, -0.2) is 4.98 Å². The van der Waals surface area contributed by atoms with Crippen LogP contribution in [0.25, 0.3) is 16.7 Å². The minimum absolute atomic E-state index is 0.418. The van der Waals surface area contributed by atoms with E-state index in [9.17, 15) is 0 Å². The Morgan fingerprint density at radius 2 is 2.24 bits per heavy atom. The van der Waals surface area contributed by atoms with Gasteiger partial charge < -0.3 is 0 Å². The van der Waals surface area contributed by atoms with Gasteiger partial charge in [0.05, 0.1) is 22.6 Å². The molecule has 0 radical (unpaired) electrons. The first kappa shape index (κ1) is 11.5. The second-order valence-electron chi connectivity index (χ2n) is 3.61. The smallest absolute Gasteiger partial charge is 0.129 e. The molecule has 0 saturated carbocycles. The van der Waals surface area contributed by atoms with Gasteiger partial charge >= 0.3 is 0 Å². The number of thiophene rings is 1. The summed E-state index contributed by atoms with van der Waals surface area (Å²) in [7, 11) is 0. The van der Waals surface area contributed by atoms with Gasteiger partial charge in [-0.2, -0.15) is 11.3 Å². The summed E-state index contributed by atoms with van der Waals surface area (Å²) in [6.07, 6.45) is 0. The average molecular weight is 375 g/mol. The zero-order chi connectivity index (χ0) is 11.8. The lowest BCUT2D eigenvalue weighted by molar-refractivity contribution is 0.987. The molecule has 86 valence electrons. The van der Waals surface area contributed by atoms with Gasteiger partial charge in [0, 0.05) is 8.95 Å². The van der Waals surface area contributed by atoms with E-state index >= 15 is 0 Å². The van der Waals surface area contributed by atoms with Crippen molar-refractivity contribution in [2.75, 3.05) is 0 Å². The Labute approximate surface area is 121 Å². The third-order valence-corrected chi connectivity index (χ3v) is 4.15. The molecule has 0 aliphatic carbocycles. The first-order valence-corrected chi connectivity index (χ1v) is 7.60. The van der Waals surface area contributed by atoms with Gasteiger partial charge in [-0.15, -0.1) is 11.6 Å². The number of nitrogens with zero attached hydrogens (tertiary/aromatic N) is 2. The second kappa shape index (κ2) is 4.59. The molecule has 1 aromatic carbocycles. The number of hydrogen-bond acceptors (Lipinski definition) is 2. The summed E-state index contributed by atoms with van der Waals surface area (Å²) >= 11 is 9.95. The lowest BCUT2D eigenvalue weighted by Crippen LogP contribution is -1.97. The topological polar surface area (TPSA) is 17.8 Å². The highest BCUT2D eigenvalue weighted by atomic mass is 127. The summed E-state index contributed by atoms with van der Waals surface area (Å²) in [5.74, 6) is 1.31. The summed E-state index contributed by atoms with van der Waals surface area (Å²) in [5.41, 5.74) is 3.24. The molecule has 0 amide bonds. The van der Waals surface area contributed by atoms with Gasteiger partial charge in [-0.05, 0) is 52.2 Å². The number of benzene rings is 1. The minimum Gasteiger partial charge on any atom is -0.294 e. The number of alkyl halides is 1. The second-order valence-corrected chi connectivity index (χ2v) is 5.90. The van der Waals surface area contributed by atoms with Crippen LogP contribution in [0.2, 0.25) is 0 Å². The number of halogens is 2.